The Labute approximate surface area is 121 Å². The van der Waals surface area contributed by atoms with Crippen LogP contribution in [0.2, 0.25) is 0 Å². The first-order valence-electron chi connectivity index (χ1n) is 7.76. The van der Waals surface area contributed by atoms with Crippen LogP contribution in [0.4, 0.5) is 5.69 Å². The Morgan fingerprint density at radius 1 is 1.05 bits per heavy atom. The van der Waals surface area contributed by atoms with Crippen LogP contribution in [0.3, 0.4) is 0 Å². The summed E-state index contributed by atoms with van der Waals surface area (Å²) < 4.78 is 5.42. The molecule has 0 saturated carbocycles. The maximum absolute atomic E-state index is 5.42. The first kappa shape index (κ1) is 13.9. The third kappa shape index (κ3) is 3.72. The highest BCUT2D eigenvalue weighted by Gasteiger charge is 2.12. The summed E-state index contributed by atoms with van der Waals surface area (Å²) in [7, 11) is 0. The molecule has 0 aliphatic carbocycles. The molecule has 2 heterocycles. The minimum atomic E-state index is 0.852. The van der Waals surface area contributed by atoms with Crippen molar-refractivity contribution in [3.63, 3.8) is 0 Å². The van der Waals surface area contributed by atoms with E-state index in [2.05, 4.69) is 39.4 Å². The number of nitrogens with zero attached hydrogens (tertiary/aromatic N) is 2. The Kier molecular flexibility index (Phi) is 4.90. The fourth-order valence-corrected chi connectivity index (χ4v) is 2.95. The molecular weight excluding hydrogens is 250 g/mol. The molecule has 1 N–H and O–H groups in total. The van der Waals surface area contributed by atoms with Crippen molar-refractivity contribution >= 4 is 5.69 Å². The molecule has 0 amide bonds. The van der Waals surface area contributed by atoms with Gasteiger partial charge in [0.25, 0.3) is 0 Å². The predicted octanol–water partition coefficient (Wildman–Crippen LogP) is 0.971. The molecule has 2 aliphatic rings. The molecule has 0 spiro atoms. The van der Waals surface area contributed by atoms with Crippen LogP contribution in [0.15, 0.2) is 24.3 Å². The van der Waals surface area contributed by atoms with Gasteiger partial charge in [-0.2, -0.15) is 0 Å². The zero-order valence-electron chi connectivity index (χ0n) is 12.2. The fraction of sp³-hybridized carbons (Fsp3) is 0.625. The molecule has 20 heavy (non-hydrogen) atoms. The van der Waals surface area contributed by atoms with Crippen molar-refractivity contribution in [2.45, 2.75) is 6.42 Å². The number of hydrogen-bond donors (Lipinski definition) is 1. The van der Waals surface area contributed by atoms with E-state index in [1.165, 1.54) is 30.9 Å². The molecule has 2 fully saturated rings. The Morgan fingerprint density at radius 2 is 1.85 bits per heavy atom. The summed E-state index contributed by atoms with van der Waals surface area (Å²) in [5.41, 5.74) is 2.80. The molecule has 1 aromatic rings. The zero-order valence-corrected chi connectivity index (χ0v) is 12.2. The van der Waals surface area contributed by atoms with Crippen LogP contribution in [0, 0.1) is 0 Å². The molecular formula is C16H25N3O. The lowest BCUT2D eigenvalue weighted by Crippen LogP contribution is -2.44. The molecule has 2 saturated heterocycles. The molecule has 110 valence electrons. The highest BCUT2D eigenvalue weighted by atomic mass is 16.5. The number of ether oxygens (including phenoxy) is 1. The summed E-state index contributed by atoms with van der Waals surface area (Å²) in [6.45, 7) is 9.54. The van der Waals surface area contributed by atoms with Gasteiger partial charge in [-0.15, -0.1) is 0 Å². The lowest BCUT2D eigenvalue weighted by molar-refractivity contribution is 0.122. The van der Waals surface area contributed by atoms with Crippen molar-refractivity contribution in [2.75, 3.05) is 63.9 Å². The van der Waals surface area contributed by atoms with Crippen LogP contribution in [0.1, 0.15) is 5.56 Å². The highest BCUT2D eigenvalue weighted by molar-refractivity contribution is 5.49. The quantitative estimate of drug-likeness (QED) is 0.886. The monoisotopic (exact) mass is 275 g/mol. The zero-order chi connectivity index (χ0) is 13.6. The van der Waals surface area contributed by atoms with Gasteiger partial charge in [0.15, 0.2) is 0 Å². The molecule has 0 aromatic heterocycles. The van der Waals surface area contributed by atoms with Crippen molar-refractivity contribution in [3.8, 4) is 0 Å². The van der Waals surface area contributed by atoms with Gasteiger partial charge in [0.2, 0.25) is 0 Å². The molecule has 4 heteroatoms. The van der Waals surface area contributed by atoms with E-state index in [9.17, 15) is 0 Å². The van der Waals surface area contributed by atoms with Crippen LogP contribution in [-0.4, -0.2) is 63.9 Å². The first-order valence-corrected chi connectivity index (χ1v) is 7.76. The summed E-state index contributed by atoms with van der Waals surface area (Å²) in [5, 5.41) is 3.40. The number of benzene rings is 1. The smallest absolute Gasteiger partial charge is 0.0642 e. The Balaban J connectivity index is 1.56. The first-order chi connectivity index (χ1) is 9.92. The topological polar surface area (TPSA) is 27.7 Å². The van der Waals surface area contributed by atoms with Crippen molar-refractivity contribution in [3.05, 3.63) is 29.8 Å². The second kappa shape index (κ2) is 7.07. The normalized spacial score (nSPS) is 21.1. The average molecular weight is 275 g/mol. The van der Waals surface area contributed by atoms with Crippen molar-refractivity contribution < 1.29 is 4.74 Å². The van der Waals surface area contributed by atoms with E-state index < -0.39 is 0 Å². The Bertz CT molecular complexity index is 412. The van der Waals surface area contributed by atoms with Crippen LogP contribution >= 0.6 is 0 Å². The minimum Gasteiger partial charge on any atom is -0.378 e. The lowest BCUT2D eigenvalue weighted by Gasteiger charge is -2.29. The summed E-state index contributed by atoms with van der Waals surface area (Å²) >= 11 is 0. The van der Waals surface area contributed by atoms with Gasteiger partial charge in [0.1, 0.15) is 0 Å². The Morgan fingerprint density at radius 3 is 2.65 bits per heavy atom. The van der Waals surface area contributed by atoms with Crippen LogP contribution in [0.25, 0.3) is 0 Å². The number of rotatable bonds is 4. The molecule has 0 unspecified atom stereocenters. The molecule has 0 atom stereocenters. The van der Waals surface area contributed by atoms with Crippen molar-refractivity contribution in [2.24, 2.45) is 0 Å². The largest absolute Gasteiger partial charge is 0.378 e. The second-order valence-corrected chi connectivity index (χ2v) is 5.61. The molecule has 4 nitrogen and oxygen atoms in total. The van der Waals surface area contributed by atoms with E-state index >= 15 is 0 Å². The third-order valence-electron chi connectivity index (χ3n) is 4.21. The lowest BCUT2D eigenvalue weighted by atomic mass is 10.1. The van der Waals surface area contributed by atoms with Crippen molar-refractivity contribution in [1.82, 2.24) is 10.2 Å². The SMILES string of the molecule is c1cc(CCN2CCNCC2)cc(N2CCOCC2)c1. The van der Waals surface area contributed by atoms with E-state index in [0.29, 0.717) is 0 Å². The van der Waals surface area contributed by atoms with Gasteiger partial charge in [-0.3, -0.25) is 0 Å². The van der Waals surface area contributed by atoms with Gasteiger partial charge in [-0.1, -0.05) is 12.1 Å². The fourth-order valence-electron chi connectivity index (χ4n) is 2.95. The standard InChI is InChI=1S/C16H25N3O/c1-2-15(4-7-18-8-5-17-6-9-18)14-16(3-1)19-10-12-20-13-11-19/h1-3,14,17H,4-13H2. The van der Waals surface area contributed by atoms with Gasteiger partial charge in [-0.05, 0) is 24.1 Å². The molecule has 0 bridgehead atoms. The maximum atomic E-state index is 5.42. The van der Waals surface area contributed by atoms with E-state index in [0.717, 1.165) is 45.8 Å². The van der Waals surface area contributed by atoms with Gasteiger partial charge in [0, 0.05) is 51.5 Å². The van der Waals surface area contributed by atoms with Crippen molar-refractivity contribution in [1.29, 1.82) is 0 Å². The van der Waals surface area contributed by atoms with Crippen LogP contribution in [0.5, 0.6) is 0 Å². The minimum absolute atomic E-state index is 0.852. The molecule has 0 radical (unpaired) electrons. The molecule has 2 aliphatic heterocycles. The number of anilines is 1. The summed E-state index contributed by atoms with van der Waals surface area (Å²) in [4.78, 5) is 4.98. The highest BCUT2D eigenvalue weighted by Crippen LogP contribution is 2.18. The van der Waals surface area contributed by atoms with Gasteiger partial charge >= 0.3 is 0 Å². The van der Waals surface area contributed by atoms with E-state index in [1.807, 2.05) is 0 Å². The number of hydrogen-bond acceptors (Lipinski definition) is 4. The van der Waals surface area contributed by atoms with Gasteiger partial charge in [-0.25, -0.2) is 0 Å². The third-order valence-corrected chi connectivity index (χ3v) is 4.21. The molecule has 3 rings (SSSR count). The van der Waals surface area contributed by atoms with E-state index in [-0.39, 0.29) is 0 Å². The van der Waals surface area contributed by atoms with Gasteiger partial charge in [0.05, 0.1) is 13.2 Å². The summed E-state index contributed by atoms with van der Waals surface area (Å²) in [6.07, 6.45) is 1.15. The number of piperazine rings is 1. The number of nitrogens with one attached hydrogen (secondary N) is 1. The van der Waals surface area contributed by atoms with E-state index in [1.54, 1.807) is 0 Å². The van der Waals surface area contributed by atoms with E-state index in [4.69, 9.17) is 4.74 Å². The Hall–Kier alpha value is -1.10. The summed E-state index contributed by atoms with van der Waals surface area (Å²) in [5.74, 6) is 0. The second-order valence-electron chi connectivity index (χ2n) is 5.61. The predicted molar refractivity (Wildman–Crippen MR) is 82.5 cm³/mol. The average Bonchev–Trinajstić information content (AvgIpc) is 2.55. The van der Waals surface area contributed by atoms with Crippen LogP contribution < -0.4 is 10.2 Å². The number of morpholine rings is 1. The summed E-state index contributed by atoms with van der Waals surface area (Å²) in [6, 6.07) is 9.02. The van der Waals surface area contributed by atoms with Crippen LogP contribution in [-0.2, 0) is 11.2 Å². The van der Waals surface area contributed by atoms with Gasteiger partial charge < -0.3 is 19.9 Å². The maximum Gasteiger partial charge on any atom is 0.0642 e. The molecule has 1 aromatic carbocycles.